The lowest BCUT2D eigenvalue weighted by Gasteiger charge is -2.22. The first-order valence-electron chi connectivity index (χ1n) is 8.56. The van der Waals surface area contributed by atoms with Crippen molar-refractivity contribution in [2.45, 2.75) is 39.8 Å². The van der Waals surface area contributed by atoms with E-state index in [4.69, 9.17) is 4.74 Å². The van der Waals surface area contributed by atoms with Gasteiger partial charge in [0.25, 0.3) is 0 Å². The number of alkyl carbamates (subject to hydrolysis) is 1. The fourth-order valence-electron chi connectivity index (χ4n) is 2.33. The minimum atomic E-state index is -0.413. The van der Waals surface area contributed by atoms with Gasteiger partial charge in [-0.3, -0.25) is 4.99 Å². The Morgan fingerprint density at radius 3 is 2.48 bits per heavy atom. The quantitative estimate of drug-likeness (QED) is 0.497. The van der Waals surface area contributed by atoms with Crippen LogP contribution in [0.5, 0.6) is 0 Å². The summed E-state index contributed by atoms with van der Waals surface area (Å²) in [5.74, 6) is 0.791. The molecule has 0 bridgehead atoms. The highest BCUT2D eigenvalue weighted by Crippen LogP contribution is 2.05. The average Bonchev–Trinajstić information content (AvgIpc) is 2.56. The Bertz CT molecular complexity index is 547. The number of ether oxygens (including phenoxy) is 1. The Morgan fingerprint density at radius 2 is 1.92 bits per heavy atom. The van der Waals surface area contributed by atoms with Gasteiger partial charge >= 0.3 is 6.09 Å². The van der Waals surface area contributed by atoms with Crippen molar-refractivity contribution in [1.82, 2.24) is 16.0 Å². The van der Waals surface area contributed by atoms with Gasteiger partial charge in [0.1, 0.15) is 5.82 Å². The second kappa shape index (κ2) is 11.3. The molecule has 1 unspecified atom stereocenters. The van der Waals surface area contributed by atoms with Gasteiger partial charge in [0.15, 0.2) is 5.96 Å². The highest BCUT2D eigenvalue weighted by molar-refractivity contribution is 5.79. The number of halogens is 1. The van der Waals surface area contributed by atoms with Crippen molar-refractivity contribution in [1.29, 1.82) is 0 Å². The molecule has 0 fully saturated rings. The van der Waals surface area contributed by atoms with E-state index in [0.29, 0.717) is 31.6 Å². The summed E-state index contributed by atoms with van der Waals surface area (Å²) in [4.78, 5) is 15.8. The lowest BCUT2D eigenvalue weighted by atomic mass is 10.0. The number of rotatable bonds is 8. The molecule has 1 rings (SSSR count). The van der Waals surface area contributed by atoms with Crippen LogP contribution in [0.15, 0.2) is 29.3 Å². The predicted molar refractivity (Wildman–Crippen MR) is 98.0 cm³/mol. The molecule has 0 saturated carbocycles. The molecular weight excluding hydrogens is 323 g/mol. The minimum absolute atomic E-state index is 0.0663. The fraction of sp³-hybridized carbons (Fsp3) is 0.556. The highest BCUT2D eigenvalue weighted by Gasteiger charge is 2.15. The monoisotopic (exact) mass is 352 g/mol. The molecule has 1 aromatic rings. The average molecular weight is 352 g/mol. The molecular formula is C18H29FN4O2. The largest absolute Gasteiger partial charge is 0.450 e. The number of nitrogens with one attached hydrogen (secondary N) is 3. The zero-order valence-electron chi connectivity index (χ0n) is 15.4. The van der Waals surface area contributed by atoms with E-state index in [0.717, 1.165) is 12.0 Å². The zero-order chi connectivity index (χ0) is 18.7. The highest BCUT2D eigenvalue weighted by atomic mass is 19.1. The SMILES string of the molecule is CCOC(=O)NC(CNC(=NC)NCc1ccc(F)cc1)CC(C)C. The second-order valence-corrected chi connectivity index (χ2v) is 6.12. The van der Waals surface area contributed by atoms with E-state index in [9.17, 15) is 9.18 Å². The van der Waals surface area contributed by atoms with Crippen molar-refractivity contribution in [2.75, 3.05) is 20.2 Å². The summed E-state index contributed by atoms with van der Waals surface area (Å²) in [5, 5.41) is 9.22. The van der Waals surface area contributed by atoms with E-state index < -0.39 is 6.09 Å². The van der Waals surface area contributed by atoms with Gasteiger partial charge in [0, 0.05) is 26.2 Å². The van der Waals surface area contributed by atoms with Gasteiger partial charge in [-0.25, -0.2) is 9.18 Å². The van der Waals surface area contributed by atoms with E-state index in [2.05, 4.69) is 34.8 Å². The first kappa shape index (κ1) is 20.7. The number of carbonyl (C=O) groups is 1. The Labute approximate surface area is 149 Å². The molecule has 0 aliphatic carbocycles. The number of hydrogen-bond donors (Lipinski definition) is 3. The van der Waals surface area contributed by atoms with Crippen molar-refractivity contribution >= 4 is 12.1 Å². The third-order valence-electron chi connectivity index (χ3n) is 3.47. The molecule has 0 spiro atoms. The van der Waals surface area contributed by atoms with E-state index in [1.54, 1.807) is 26.1 Å². The van der Waals surface area contributed by atoms with Gasteiger partial charge in [-0.05, 0) is 37.0 Å². The van der Waals surface area contributed by atoms with Gasteiger partial charge in [0.05, 0.1) is 6.61 Å². The molecule has 7 heteroatoms. The maximum Gasteiger partial charge on any atom is 0.407 e. The molecule has 0 aromatic heterocycles. The topological polar surface area (TPSA) is 74.8 Å². The number of aliphatic imine (C=N–C) groups is 1. The van der Waals surface area contributed by atoms with E-state index in [1.165, 1.54) is 12.1 Å². The number of nitrogens with zero attached hydrogens (tertiary/aromatic N) is 1. The van der Waals surface area contributed by atoms with Gasteiger partial charge in [-0.15, -0.1) is 0 Å². The maximum absolute atomic E-state index is 12.9. The van der Waals surface area contributed by atoms with E-state index in [1.807, 2.05) is 0 Å². The molecule has 6 nitrogen and oxygen atoms in total. The molecule has 0 heterocycles. The number of hydrogen-bond acceptors (Lipinski definition) is 3. The minimum Gasteiger partial charge on any atom is -0.450 e. The molecule has 140 valence electrons. The van der Waals surface area contributed by atoms with E-state index in [-0.39, 0.29) is 11.9 Å². The molecule has 3 N–H and O–H groups in total. The molecule has 1 aromatic carbocycles. The van der Waals surface area contributed by atoms with Crippen LogP contribution >= 0.6 is 0 Å². The van der Waals surface area contributed by atoms with Crippen LogP contribution in [0.2, 0.25) is 0 Å². The first-order chi connectivity index (χ1) is 11.9. The van der Waals surface area contributed by atoms with Crippen molar-refractivity contribution in [2.24, 2.45) is 10.9 Å². The van der Waals surface area contributed by atoms with Crippen LogP contribution in [-0.2, 0) is 11.3 Å². The lowest BCUT2D eigenvalue weighted by molar-refractivity contribution is 0.146. The smallest absolute Gasteiger partial charge is 0.407 e. The molecule has 0 aliphatic heterocycles. The van der Waals surface area contributed by atoms with Crippen molar-refractivity contribution < 1.29 is 13.9 Å². The van der Waals surface area contributed by atoms with Crippen molar-refractivity contribution in [3.05, 3.63) is 35.6 Å². The molecule has 1 amide bonds. The van der Waals surface area contributed by atoms with E-state index >= 15 is 0 Å². The van der Waals surface area contributed by atoms with Crippen LogP contribution in [0, 0.1) is 11.7 Å². The Morgan fingerprint density at radius 1 is 1.24 bits per heavy atom. The third-order valence-corrected chi connectivity index (χ3v) is 3.47. The lowest BCUT2D eigenvalue weighted by Crippen LogP contribution is -2.47. The summed E-state index contributed by atoms with van der Waals surface area (Å²) in [6.07, 6.45) is 0.407. The molecule has 0 saturated heterocycles. The Kier molecular flexibility index (Phi) is 9.36. The van der Waals surface area contributed by atoms with Gasteiger partial charge < -0.3 is 20.7 Å². The summed E-state index contributed by atoms with van der Waals surface area (Å²) in [7, 11) is 1.68. The first-order valence-corrected chi connectivity index (χ1v) is 8.56. The number of guanidine groups is 1. The van der Waals surface area contributed by atoms with Crippen LogP contribution in [0.1, 0.15) is 32.8 Å². The van der Waals surface area contributed by atoms with Gasteiger partial charge in [-0.1, -0.05) is 26.0 Å². The molecule has 1 atom stereocenters. The predicted octanol–water partition coefficient (Wildman–Crippen LogP) is 2.65. The van der Waals surface area contributed by atoms with Crippen LogP contribution in [0.4, 0.5) is 9.18 Å². The number of carbonyl (C=O) groups excluding carboxylic acids is 1. The standard InChI is InChI=1S/C18H29FN4O2/c1-5-25-18(24)23-16(10-13(2)3)12-22-17(20-4)21-11-14-6-8-15(19)9-7-14/h6-9,13,16H,5,10-12H2,1-4H3,(H,23,24)(H2,20,21,22). The summed E-state index contributed by atoms with van der Waals surface area (Å²) in [6, 6.07) is 6.23. The fourth-order valence-corrected chi connectivity index (χ4v) is 2.33. The van der Waals surface area contributed by atoms with Crippen LogP contribution in [0.25, 0.3) is 0 Å². The van der Waals surface area contributed by atoms with Crippen LogP contribution < -0.4 is 16.0 Å². The second-order valence-electron chi connectivity index (χ2n) is 6.12. The van der Waals surface area contributed by atoms with Crippen molar-refractivity contribution in [3.63, 3.8) is 0 Å². The zero-order valence-corrected chi connectivity index (χ0v) is 15.4. The number of benzene rings is 1. The number of amides is 1. The molecule has 25 heavy (non-hydrogen) atoms. The summed E-state index contributed by atoms with van der Waals surface area (Å²) >= 11 is 0. The normalized spacial score (nSPS) is 12.6. The summed E-state index contributed by atoms with van der Waals surface area (Å²) < 4.78 is 17.9. The van der Waals surface area contributed by atoms with Gasteiger partial charge in [-0.2, -0.15) is 0 Å². The Hall–Kier alpha value is -2.31. The van der Waals surface area contributed by atoms with Crippen LogP contribution in [0.3, 0.4) is 0 Å². The van der Waals surface area contributed by atoms with Crippen molar-refractivity contribution in [3.8, 4) is 0 Å². The summed E-state index contributed by atoms with van der Waals surface area (Å²) in [6.45, 7) is 7.37. The van der Waals surface area contributed by atoms with Gasteiger partial charge in [0.2, 0.25) is 0 Å². The van der Waals surface area contributed by atoms with Crippen LogP contribution in [-0.4, -0.2) is 38.3 Å². The third kappa shape index (κ3) is 8.93. The maximum atomic E-state index is 12.9. The summed E-state index contributed by atoms with van der Waals surface area (Å²) in [5.41, 5.74) is 0.952. The molecule has 0 radical (unpaired) electrons. The molecule has 0 aliphatic rings. The Balaban J connectivity index is 2.50.